The number of carbonyl (C=O) groups excluding carboxylic acids is 1. The Morgan fingerprint density at radius 3 is 2.41 bits per heavy atom. The Morgan fingerprint density at radius 2 is 1.78 bits per heavy atom. The van der Waals surface area contributed by atoms with E-state index in [2.05, 4.69) is 53.3 Å². The van der Waals surface area contributed by atoms with Crippen molar-refractivity contribution in [3.05, 3.63) is 98.0 Å². The second kappa shape index (κ2) is 10.3. The molecule has 0 aliphatic carbocycles. The lowest BCUT2D eigenvalue weighted by molar-refractivity contribution is -0.112. The van der Waals surface area contributed by atoms with Crippen LogP contribution in [-0.4, -0.2) is 13.0 Å². The summed E-state index contributed by atoms with van der Waals surface area (Å²) in [5.41, 5.74) is 6.97. The van der Waals surface area contributed by atoms with Crippen LogP contribution in [0.1, 0.15) is 33.4 Å². The summed E-state index contributed by atoms with van der Waals surface area (Å²) in [6.07, 6.45) is 2.27. The number of rotatable bonds is 6. The Morgan fingerprint density at radius 1 is 1.09 bits per heavy atom. The number of carbonyl (C=O) groups is 1. The summed E-state index contributed by atoms with van der Waals surface area (Å²) in [6, 6.07) is 19.7. The number of amides is 1. The minimum Gasteiger partial charge on any atom is -0.496 e. The lowest BCUT2D eigenvalue weighted by Crippen LogP contribution is -2.14. The number of hydrogen-bond acceptors (Lipinski definition) is 3. The molecule has 0 heterocycles. The van der Waals surface area contributed by atoms with Gasteiger partial charge in [-0.3, -0.25) is 4.79 Å². The van der Waals surface area contributed by atoms with E-state index in [9.17, 15) is 10.1 Å². The largest absolute Gasteiger partial charge is 0.496 e. The lowest BCUT2D eigenvalue weighted by atomic mass is 9.98. The van der Waals surface area contributed by atoms with Gasteiger partial charge in [-0.25, -0.2) is 0 Å². The van der Waals surface area contributed by atoms with Crippen molar-refractivity contribution in [2.24, 2.45) is 0 Å². The van der Waals surface area contributed by atoms with Gasteiger partial charge in [-0.15, -0.1) is 0 Å². The molecule has 0 radical (unpaired) electrons. The monoisotopic (exact) mass is 488 g/mol. The fourth-order valence-corrected chi connectivity index (χ4v) is 4.26. The molecule has 0 aliphatic rings. The van der Waals surface area contributed by atoms with Crippen LogP contribution in [-0.2, 0) is 11.2 Å². The first kappa shape index (κ1) is 23.3. The van der Waals surface area contributed by atoms with Gasteiger partial charge >= 0.3 is 0 Å². The summed E-state index contributed by atoms with van der Waals surface area (Å²) in [4.78, 5) is 12.7. The smallest absolute Gasteiger partial charge is 0.266 e. The van der Waals surface area contributed by atoms with E-state index >= 15 is 0 Å². The Bertz CT molecular complexity index is 1220. The number of aryl methyl sites for hydroxylation is 3. The van der Waals surface area contributed by atoms with E-state index in [1.165, 1.54) is 16.7 Å². The quantitative estimate of drug-likeness (QED) is 0.317. The predicted molar refractivity (Wildman–Crippen MR) is 133 cm³/mol. The van der Waals surface area contributed by atoms with E-state index in [1.807, 2.05) is 49.4 Å². The molecule has 1 N–H and O–H groups in total. The van der Waals surface area contributed by atoms with Gasteiger partial charge in [0.1, 0.15) is 17.4 Å². The van der Waals surface area contributed by atoms with Crippen molar-refractivity contribution in [1.29, 1.82) is 5.26 Å². The number of hydrogen-bond donors (Lipinski definition) is 1. The second-order valence-corrected chi connectivity index (χ2v) is 8.65. The number of methoxy groups -OCH3 is 1. The van der Waals surface area contributed by atoms with Crippen molar-refractivity contribution >= 4 is 33.6 Å². The number of nitrogens with one attached hydrogen (secondary N) is 1. The highest BCUT2D eigenvalue weighted by Crippen LogP contribution is 2.32. The zero-order valence-electron chi connectivity index (χ0n) is 18.6. The molecule has 0 aromatic heterocycles. The molecule has 0 saturated carbocycles. The van der Waals surface area contributed by atoms with Crippen LogP contribution in [0.4, 0.5) is 5.69 Å². The first-order valence-corrected chi connectivity index (χ1v) is 11.0. The molecule has 4 nitrogen and oxygen atoms in total. The summed E-state index contributed by atoms with van der Waals surface area (Å²) in [6.45, 7) is 6.08. The minimum atomic E-state index is -0.448. The fourth-order valence-electron chi connectivity index (χ4n) is 3.66. The van der Waals surface area contributed by atoms with Crippen LogP contribution in [0.2, 0.25) is 0 Å². The van der Waals surface area contributed by atoms with Crippen LogP contribution >= 0.6 is 15.9 Å². The molecule has 3 rings (SSSR count). The average Bonchev–Trinajstić information content (AvgIpc) is 2.74. The molecule has 0 atom stereocenters. The zero-order valence-corrected chi connectivity index (χ0v) is 20.2. The molecule has 5 heteroatoms. The topological polar surface area (TPSA) is 62.1 Å². The Kier molecular flexibility index (Phi) is 7.50. The second-order valence-electron chi connectivity index (χ2n) is 7.80. The van der Waals surface area contributed by atoms with Crippen molar-refractivity contribution < 1.29 is 9.53 Å². The van der Waals surface area contributed by atoms with Crippen LogP contribution in [0, 0.1) is 32.1 Å². The number of anilines is 1. The maximum Gasteiger partial charge on any atom is 0.266 e. The van der Waals surface area contributed by atoms with Gasteiger partial charge in [-0.1, -0.05) is 63.5 Å². The van der Waals surface area contributed by atoms with E-state index in [0.29, 0.717) is 23.4 Å². The first-order valence-electron chi connectivity index (χ1n) is 10.2. The van der Waals surface area contributed by atoms with Gasteiger partial charge < -0.3 is 10.1 Å². The number of benzene rings is 3. The van der Waals surface area contributed by atoms with Crippen LogP contribution in [0.15, 0.2) is 64.6 Å². The van der Waals surface area contributed by atoms with Gasteiger partial charge in [-0.2, -0.15) is 5.26 Å². The third-order valence-electron chi connectivity index (χ3n) is 5.13. The standard InChI is InChI=1S/C27H25BrN2O2/c1-17-9-18(2)11-20(10-17)13-23-24(28)14-21(15-26(23)32-4)12-22(16-29)27(31)30-25-8-6-5-7-19(25)3/h5-12,14-15H,13H2,1-4H3,(H,30,31)/b22-12+. The zero-order chi connectivity index (χ0) is 23.3. The third kappa shape index (κ3) is 5.66. The fraction of sp³-hybridized carbons (Fsp3) is 0.185. The summed E-state index contributed by atoms with van der Waals surface area (Å²) in [5.74, 6) is 0.248. The molecule has 1 amide bonds. The molecular weight excluding hydrogens is 464 g/mol. The van der Waals surface area contributed by atoms with Crippen LogP contribution in [0.5, 0.6) is 5.75 Å². The number of ether oxygens (including phenoxy) is 1. The molecule has 0 unspecified atom stereocenters. The van der Waals surface area contributed by atoms with Crippen molar-refractivity contribution in [2.75, 3.05) is 12.4 Å². The SMILES string of the molecule is COc1cc(/C=C(\C#N)C(=O)Nc2ccccc2C)cc(Br)c1Cc1cc(C)cc(C)c1. The Balaban J connectivity index is 1.91. The van der Waals surface area contributed by atoms with E-state index < -0.39 is 5.91 Å². The van der Waals surface area contributed by atoms with Gasteiger partial charge in [0.25, 0.3) is 5.91 Å². The lowest BCUT2D eigenvalue weighted by Gasteiger charge is -2.14. The highest BCUT2D eigenvalue weighted by atomic mass is 79.9. The van der Waals surface area contributed by atoms with Crippen LogP contribution in [0.3, 0.4) is 0 Å². The normalized spacial score (nSPS) is 11.1. The van der Waals surface area contributed by atoms with Gasteiger partial charge in [0, 0.05) is 22.1 Å². The summed E-state index contributed by atoms with van der Waals surface area (Å²) >= 11 is 3.65. The summed E-state index contributed by atoms with van der Waals surface area (Å²) in [7, 11) is 1.62. The van der Waals surface area contributed by atoms with Gasteiger partial charge in [0.05, 0.1) is 7.11 Å². The molecule has 0 spiro atoms. The minimum absolute atomic E-state index is 0.0178. The molecular formula is C27H25BrN2O2. The van der Waals surface area contributed by atoms with E-state index in [1.54, 1.807) is 13.2 Å². The highest BCUT2D eigenvalue weighted by molar-refractivity contribution is 9.10. The molecule has 3 aromatic rings. The van der Waals surface area contributed by atoms with E-state index in [0.717, 1.165) is 15.6 Å². The predicted octanol–water partition coefficient (Wildman–Crippen LogP) is 6.52. The average molecular weight is 489 g/mol. The van der Waals surface area contributed by atoms with Gasteiger partial charge in [-0.05, 0) is 61.7 Å². The van der Waals surface area contributed by atoms with Crippen molar-refractivity contribution in [2.45, 2.75) is 27.2 Å². The van der Waals surface area contributed by atoms with Crippen molar-refractivity contribution in [1.82, 2.24) is 0 Å². The summed E-state index contributed by atoms with van der Waals surface area (Å²) in [5, 5.41) is 12.4. The Labute approximate surface area is 197 Å². The molecule has 0 aliphatic heterocycles. The summed E-state index contributed by atoms with van der Waals surface area (Å²) < 4.78 is 6.50. The number of para-hydroxylation sites is 1. The number of nitrogens with zero attached hydrogens (tertiary/aromatic N) is 1. The first-order chi connectivity index (χ1) is 15.3. The highest BCUT2D eigenvalue weighted by Gasteiger charge is 2.14. The third-order valence-corrected chi connectivity index (χ3v) is 5.84. The molecule has 0 fully saturated rings. The number of nitriles is 1. The van der Waals surface area contributed by atoms with Crippen LogP contribution in [0.25, 0.3) is 6.08 Å². The molecule has 0 saturated heterocycles. The molecule has 3 aromatic carbocycles. The van der Waals surface area contributed by atoms with Crippen molar-refractivity contribution in [3.63, 3.8) is 0 Å². The van der Waals surface area contributed by atoms with E-state index in [-0.39, 0.29) is 5.57 Å². The Hall–Kier alpha value is -3.36. The maximum absolute atomic E-state index is 12.7. The van der Waals surface area contributed by atoms with Crippen LogP contribution < -0.4 is 10.1 Å². The number of halogens is 1. The molecule has 162 valence electrons. The maximum atomic E-state index is 12.7. The molecule has 32 heavy (non-hydrogen) atoms. The van der Waals surface area contributed by atoms with Crippen molar-refractivity contribution in [3.8, 4) is 11.8 Å². The van der Waals surface area contributed by atoms with Gasteiger partial charge in [0.2, 0.25) is 0 Å². The molecule has 0 bridgehead atoms. The van der Waals surface area contributed by atoms with E-state index in [4.69, 9.17) is 4.74 Å². The van der Waals surface area contributed by atoms with Gasteiger partial charge in [0.15, 0.2) is 0 Å².